The maximum atomic E-state index is 13.3. The smallest absolute Gasteiger partial charge is 0.490 e. The van der Waals surface area contributed by atoms with E-state index in [1.807, 2.05) is 13.0 Å². The van der Waals surface area contributed by atoms with Gasteiger partial charge in [-0.25, -0.2) is 13.1 Å². The van der Waals surface area contributed by atoms with Crippen LogP contribution in [0, 0.1) is 17.8 Å². The highest BCUT2D eigenvalue weighted by atomic mass is 35.5. The van der Waals surface area contributed by atoms with Crippen LogP contribution in [0.25, 0.3) is 0 Å². The molecule has 2 aliphatic carbocycles. The molecule has 2 bridgehead atoms. The summed E-state index contributed by atoms with van der Waals surface area (Å²) in [5, 5.41) is 3.28. The van der Waals surface area contributed by atoms with Crippen LogP contribution in [0.4, 0.5) is 45.2 Å². The second-order valence-electron chi connectivity index (χ2n) is 18.5. The highest BCUT2D eigenvalue weighted by Crippen LogP contribution is 2.46. The summed E-state index contributed by atoms with van der Waals surface area (Å²) in [5.74, 6) is -0.0319. The van der Waals surface area contributed by atoms with E-state index in [1.54, 1.807) is 37.3 Å². The van der Waals surface area contributed by atoms with Crippen molar-refractivity contribution in [3.63, 3.8) is 0 Å². The zero-order chi connectivity index (χ0) is 51.1. The van der Waals surface area contributed by atoms with Crippen molar-refractivity contribution in [2.24, 2.45) is 17.8 Å². The third-order valence-electron chi connectivity index (χ3n) is 13.3. The maximum absolute atomic E-state index is 13.3. The molecule has 2 aromatic rings. The summed E-state index contributed by atoms with van der Waals surface area (Å²) in [6.45, 7) is 5.32. The number of hydrogen-bond donors (Lipinski definition) is 2. The highest BCUT2D eigenvalue weighted by Gasteiger charge is 2.45. The molecule has 6 aliphatic rings. The number of sulfonamides is 1. The highest BCUT2D eigenvalue weighted by molar-refractivity contribution is 7.90. The van der Waals surface area contributed by atoms with Crippen LogP contribution in [0.1, 0.15) is 67.4 Å². The van der Waals surface area contributed by atoms with E-state index >= 15 is 0 Å². The molecule has 2 N–H and O–H groups in total. The molecule has 1 spiro atoms. The van der Waals surface area contributed by atoms with Crippen LogP contribution >= 0.6 is 11.6 Å². The topological polar surface area (TPSA) is 145 Å². The number of carbonyl (C=O) groups is 2. The van der Waals surface area contributed by atoms with E-state index in [-0.39, 0.29) is 34.5 Å². The summed E-state index contributed by atoms with van der Waals surface area (Å²) >= 11 is 6.37. The number of ether oxygens (including phenoxy) is 2. The summed E-state index contributed by atoms with van der Waals surface area (Å²) in [5.41, 5.74) is 3.22. The lowest BCUT2D eigenvalue weighted by Crippen LogP contribution is -2.56. The molecule has 2 aromatic carbocycles. The second kappa shape index (κ2) is 23.5. The zero-order valence-corrected chi connectivity index (χ0v) is 40.1. The molecule has 6 atom stereocenters. The van der Waals surface area contributed by atoms with E-state index in [0.29, 0.717) is 37.9 Å². The number of anilines is 1. The van der Waals surface area contributed by atoms with Crippen LogP contribution < -0.4 is 19.7 Å². The minimum absolute atomic E-state index is 0.0666. The lowest BCUT2D eigenvalue weighted by atomic mass is 9.68. The number of alkyl halides is 9. The first kappa shape index (κ1) is 55.7. The first-order valence-corrected chi connectivity index (χ1v) is 24.9. The first-order valence-electron chi connectivity index (χ1n) is 23.0. The van der Waals surface area contributed by atoms with Crippen molar-refractivity contribution in [1.82, 2.24) is 14.9 Å². The Morgan fingerprint density at radius 2 is 1.60 bits per heavy atom. The fraction of sp³-hybridized carbons (Fsp3) is 0.644. The third kappa shape index (κ3) is 15.7. The SMILES string of the molecule is C1CN2CCOC[C@@H]2CN1.C[C@@H]1[C@@H](C)C/C=C/C(=O)[C@@H]2CC[C@H]2CN2C[C@@]3(CCCc4cc(Cl)ccc43)COc3ccc(cc32)C(=O)NS1(=O)=O.FC(F)(F)COB(OCC(F)(F)F)OCC(F)(F)F. The van der Waals surface area contributed by atoms with Crippen molar-refractivity contribution in [3.05, 3.63) is 70.3 Å². The van der Waals surface area contributed by atoms with Gasteiger partial charge in [-0.3, -0.25) is 14.5 Å². The van der Waals surface area contributed by atoms with Crippen molar-refractivity contribution in [1.29, 1.82) is 0 Å². The van der Waals surface area contributed by atoms with E-state index in [0.717, 1.165) is 75.7 Å². The molecule has 70 heavy (non-hydrogen) atoms. The number of halogens is 10. The van der Waals surface area contributed by atoms with Crippen molar-refractivity contribution in [2.45, 2.75) is 87.6 Å². The maximum Gasteiger partial charge on any atom is 0.640 e. The van der Waals surface area contributed by atoms with Crippen LogP contribution in [0.15, 0.2) is 48.6 Å². The van der Waals surface area contributed by atoms with E-state index in [4.69, 9.17) is 21.1 Å². The average Bonchev–Trinajstić information content (AvgIpc) is 3.42. The Bertz CT molecular complexity index is 2190. The fourth-order valence-electron chi connectivity index (χ4n) is 9.30. The summed E-state index contributed by atoms with van der Waals surface area (Å²) in [4.78, 5) is 31.3. The number of benzene rings is 2. The van der Waals surface area contributed by atoms with Crippen molar-refractivity contribution >= 4 is 46.3 Å². The molecule has 4 aliphatic heterocycles. The Morgan fingerprint density at radius 1 is 0.914 bits per heavy atom. The normalized spacial score (nSPS) is 27.5. The number of aryl methyl sites for hydroxylation is 1. The third-order valence-corrected chi connectivity index (χ3v) is 15.5. The van der Waals surface area contributed by atoms with Gasteiger partial charge in [0.05, 0.1) is 30.8 Å². The van der Waals surface area contributed by atoms with E-state index in [2.05, 4.69) is 45.9 Å². The van der Waals surface area contributed by atoms with Gasteiger partial charge in [-0.1, -0.05) is 30.7 Å². The van der Waals surface area contributed by atoms with Crippen LogP contribution in [0.3, 0.4) is 0 Å². The summed E-state index contributed by atoms with van der Waals surface area (Å²) in [7, 11) is -6.66. The summed E-state index contributed by atoms with van der Waals surface area (Å²) in [6.07, 6.45) is -6.27. The van der Waals surface area contributed by atoms with E-state index < -0.39 is 66.9 Å². The predicted octanol–water partition coefficient (Wildman–Crippen LogP) is 7.45. The van der Waals surface area contributed by atoms with Gasteiger partial charge < -0.3 is 33.7 Å². The molecule has 4 heterocycles. The summed E-state index contributed by atoms with van der Waals surface area (Å²) < 4.78 is 156. The van der Waals surface area contributed by atoms with Crippen molar-refractivity contribution < 1.29 is 81.0 Å². The minimum Gasteiger partial charge on any atom is -0.490 e. The Balaban J connectivity index is 0.000000227. The molecule has 0 radical (unpaired) electrons. The Hall–Kier alpha value is -3.65. The molecule has 2 saturated heterocycles. The number of ketones is 1. The largest absolute Gasteiger partial charge is 0.640 e. The van der Waals surface area contributed by atoms with Gasteiger partial charge in [0.25, 0.3) is 5.91 Å². The standard InChI is InChI=1S/C32H37ClN2O5S.C7H14N2O.C6H6BF9O3/c1-20-5-3-7-29(36)26-11-8-24(26)17-35-18-32(14-4-6-22-15-25(33)10-12-27(22)32)19-40-30-13-9-23(16-28(30)35)31(37)34-41(38,39)21(20)2;1-2-9-3-4-10-6-7(9)5-8-1;8-4(9,10)1-17-7(18-2-5(11,12)13)19-3-6(14,15)16/h3,7,9-10,12-13,15-16,20-21,24,26H,4-6,8,11,14,17-19H2,1-2H3,(H,34,37);7-8H,1-6H2;1-3H2/b7-3+;;/t20-,21+,24-,26+,32-;7-;/m00./s1. The lowest BCUT2D eigenvalue weighted by molar-refractivity contribution is -0.187. The van der Waals surface area contributed by atoms with Gasteiger partial charge >= 0.3 is 25.9 Å². The molecular formula is C45H57BClF9N4O9S. The first-order chi connectivity index (χ1) is 32.8. The number of morpholine rings is 1. The molecule has 0 unspecified atom stereocenters. The van der Waals surface area contributed by atoms with Gasteiger partial charge in [-0.15, -0.1) is 0 Å². The molecule has 390 valence electrons. The molecule has 25 heteroatoms. The van der Waals surface area contributed by atoms with Crippen molar-refractivity contribution in [2.75, 3.05) is 83.8 Å². The Kier molecular flexibility index (Phi) is 18.7. The Labute approximate surface area is 406 Å². The number of amides is 1. The van der Waals surface area contributed by atoms with Gasteiger partial charge in [-0.05, 0) is 105 Å². The molecule has 0 aromatic heterocycles. The lowest BCUT2D eigenvalue weighted by Gasteiger charge is -2.44. The number of nitrogens with one attached hydrogen (secondary N) is 2. The fourth-order valence-corrected chi connectivity index (χ4v) is 10.8. The number of piperazine rings is 1. The molecule has 13 nitrogen and oxygen atoms in total. The number of fused-ring (bicyclic) bond motifs is 5. The van der Waals surface area contributed by atoms with Crippen molar-refractivity contribution in [3.8, 4) is 5.75 Å². The quantitative estimate of drug-likeness (QED) is 0.219. The van der Waals surface area contributed by atoms with E-state index in [9.17, 15) is 57.5 Å². The van der Waals surface area contributed by atoms with Crippen LogP contribution in [0.2, 0.25) is 5.02 Å². The van der Waals surface area contributed by atoms with Gasteiger partial charge in [0.2, 0.25) is 10.0 Å². The van der Waals surface area contributed by atoms with Gasteiger partial charge in [0.15, 0.2) is 5.78 Å². The Morgan fingerprint density at radius 3 is 2.23 bits per heavy atom. The summed E-state index contributed by atoms with van der Waals surface area (Å²) in [6, 6.07) is 11.9. The molecule has 1 amide bonds. The van der Waals surface area contributed by atoms with Crippen LogP contribution in [-0.4, -0.2) is 141 Å². The number of hydrogen-bond acceptors (Lipinski definition) is 12. The van der Waals surface area contributed by atoms with E-state index in [1.165, 1.54) is 17.7 Å². The molecule has 3 fully saturated rings. The van der Waals surface area contributed by atoms with Crippen LogP contribution in [0.5, 0.6) is 5.75 Å². The minimum atomic E-state index is -4.96. The van der Waals surface area contributed by atoms with Gasteiger partial charge in [0, 0.05) is 67.2 Å². The van der Waals surface area contributed by atoms with Crippen LogP contribution in [-0.2, 0) is 45.4 Å². The predicted molar refractivity (Wildman–Crippen MR) is 241 cm³/mol. The number of nitrogens with zero attached hydrogens (tertiary/aromatic N) is 2. The molecule has 8 rings (SSSR count). The monoisotopic (exact) mass is 1050 g/mol. The molecular weight excluding hydrogens is 990 g/mol. The number of rotatable bonds is 6. The zero-order valence-electron chi connectivity index (χ0n) is 38.6. The van der Waals surface area contributed by atoms with Gasteiger partial charge in [-0.2, -0.15) is 39.5 Å². The number of carbonyl (C=O) groups excluding carboxylic acids is 2. The molecule has 1 saturated carbocycles. The number of allylic oxidation sites excluding steroid dienone is 2. The average molecular weight is 1050 g/mol. The second-order valence-corrected chi connectivity index (χ2v) is 20.9. The van der Waals surface area contributed by atoms with Gasteiger partial charge in [0.1, 0.15) is 25.6 Å².